The predicted molar refractivity (Wildman–Crippen MR) is 134 cm³/mol. The molecule has 0 aromatic heterocycles. The maximum absolute atomic E-state index is 13.3. The number of carbonyl (C=O) groups excluding carboxylic acids is 2. The Morgan fingerprint density at radius 2 is 1.51 bits per heavy atom. The van der Waals surface area contributed by atoms with E-state index < -0.39 is 23.5 Å². The number of ketones is 1. The van der Waals surface area contributed by atoms with Gasteiger partial charge in [-0.1, -0.05) is 46.9 Å². The molecule has 2 N–H and O–H groups in total. The summed E-state index contributed by atoms with van der Waals surface area (Å²) < 4.78 is 10.6. The molecular weight excluding hydrogens is 517 g/mol. The summed E-state index contributed by atoms with van der Waals surface area (Å²) in [5.74, 6) is -1.92. The van der Waals surface area contributed by atoms with Crippen molar-refractivity contribution in [2.75, 3.05) is 19.1 Å². The lowest BCUT2D eigenvalue weighted by molar-refractivity contribution is -0.132. The molecular formula is C25H18Cl3NO6. The summed E-state index contributed by atoms with van der Waals surface area (Å²) in [6, 6.07) is 12.2. The molecule has 7 nitrogen and oxygen atoms in total. The van der Waals surface area contributed by atoms with Crippen molar-refractivity contribution >= 4 is 57.9 Å². The van der Waals surface area contributed by atoms with Crippen LogP contribution in [0.25, 0.3) is 5.76 Å². The van der Waals surface area contributed by atoms with E-state index in [1.54, 1.807) is 18.2 Å². The minimum Gasteiger partial charge on any atom is -0.508 e. The number of rotatable bonds is 5. The van der Waals surface area contributed by atoms with E-state index in [0.29, 0.717) is 11.3 Å². The fourth-order valence-corrected chi connectivity index (χ4v) is 4.42. The quantitative estimate of drug-likeness (QED) is 0.237. The summed E-state index contributed by atoms with van der Waals surface area (Å²) in [7, 11) is 2.78. The van der Waals surface area contributed by atoms with Crippen molar-refractivity contribution in [3.05, 3.63) is 86.4 Å². The summed E-state index contributed by atoms with van der Waals surface area (Å²) in [6.07, 6.45) is 0. The number of aromatic hydroxyl groups is 1. The van der Waals surface area contributed by atoms with E-state index in [2.05, 4.69) is 0 Å². The van der Waals surface area contributed by atoms with Gasteiger partial charge in [0.1, 0.15) is 23.0 Å². The Balaban J connectivity index is 2.00. The van der Waals surface area contributed by atoms with Gasteiger partial charge >= 0.3 is 0 Å². The number of hydrogen-bond donors (Lipinski definition) is 2. The lowest BCUT2D eigenvalue weighted by Crippen LogP contribution is -2.29. The maximum Gasteiger partial charge on any atom is 0.300 e. The largest absolute Gasteiger partial charge is 0.508 e. The summed E-state index contributed by atoms with van der Waals surface area (Å²) in [6.45, 7) is 0. The van der Waals surface area contributed by atoms with Crippen molar-refractivity contribution in [1.29, 1.82) is 0 Å². The zero-order chi connectivity index (χ0) is 25.4. The van der Waals surface area contributed by atoms with Crippen molar-refractivity contribution < 1.29 is 29.3 Å². The van der Waals surface area contributed by atoms with E-state index in [9.17, 15) is 19.8 Å². The molecule has 1 heterocycles. The van der Waals surface area contributed by atoms with Crippen LogP contribution in [0.2, 0.25) is 15.1 Å². The van der Waals surface area contributed by atoms with Crippen LogP contribution in [-0.4, -0.2) is 36.1 Å². The molecule has 1 aliphatic heterocycles. The average molecular weight is 535 g/mol. The van der Waals surface area contributed by atoms with E-state index >= 15 is 0 Å². The number of benzene rings is 3. The molecule has 1 unspecified atom stereocenters. The van der Waals surface area contributed by atoms with Crippen molar-refractivity contribution in [3.63, 3.8) is 0 Å². The molecule has 1 saturated heterocycles. The first-order chi connectivity index (χ1) is 16.7. The molecule has 3 aromatic rings. The predicted octanol–water partition coefficient (Wildman–Crippen LogP) is 6.00. The number of aliphatic hydroxyl groups excluding tert-OH is 1. The van der Waals surface area contributed by atoms with Gasteiger partial charge in [-0.25, -0.2) is 0 Å². The Morgan fingerprint density at radius 3 is 2.11 bits per heavy atom. The van der Waals surface area contributed by atoms with Crippen LogP contribution in [0.4, 0.5) is 5.69 Å². The van der Waals surface area contributed by atoms with Crippen molar-refractivity contribution in [1.82, 2.24) is 0 Å². The highest BCUT2D eigenvalue weighted by atomic mass is 35.5. The molecule has 1 atom stereocenters. The third-order valence-electron chi connectivity index (χ3n) is 5.56. The van der Waals surface area contributed by atoms with Gasteiger partial charge in [0.05, 0.1) is 46.5 Å². The van der Waals surface area contributed by atoms with Crippen molar-refractivity contribution in [2.45, 2.75) is 6.04 Å². The monoisotopic (exact) mass is 533 g/mol. The number of ether oxygens (including phenoxy) is 2. The summed E-state index contributed by atoms with van der Waals surface area (Å²) in [4.78, 5) is 27.8. The van der Waals surface area contributed by atoms with Gasteiger partial charge in [0, 0.05) is 11.8 Å². The highest BCUT2D eigenvalue weighted by Gasteiger charge is 2.47. The standard InChI is InChI=1S/C25H18Cl3NO6/c1-34-19-11-18(28)20(35-2)10-15(19)23(31)21-22(12-3-6-14(30)7-4-12)29(25(33)24(21)32)13-5-8-16(26)17(27)9-13/h3-11,22,30-31H,1-2H3/b23-21+. The summed E-state index contributed by atoms with van der Waals surface area (Å²) in [5.41, 5.74) is 0.646. The summed E-state index contributed by atoms with van der Waals surface area (Å²) >= 11 is 18.4. The summed E-state index contributed by atoms with van der Waals surface area (Å²) in [5, 5.41) is 21.8. The Kier molecular flexibility index (Phi) is 6.85. The average Bonchev–Trinajstić information content (AvgIpc) is 3.11. The van der Waals surface area contributed by atoms with Gasteiger partial charge in [-0.2, -0.15) is 0 Å². The maximum atomic E-state index is 13.3. The van der Waals surface area contributed by atoms with Gasteiger partial charge in [0.25, 0.3) is 11.7 Å². The number of phenolic OH excluding ortho intramolecular Hbond substituents is 1. The van der Waals surface area contributed by atoms with Crippen molar-refractivity contribution in [3.8, 4) is 17.2 Å². The lowest BCUT2D eigenvalue weighted by atomic mass is 9.94. The number of methoxy groups -OCH3 is 2. The molecule has 3 aromatic carbocycles. The lowest BCUT2D eigenvalue weighted by Gasteiger charge is -2.26. The molecule has 1 aliphatic rings. The smallest absolute Gasteiger partial charge is 0.300 e. The number of phenols is 1. The van der Waals surface area contributed by atoms with E-state index in [-0.39, 0.29) is 43.5 Å². The number of carbonyl (C=O) groups is 2. The number of halogens is 3. The SMILES string of the molecule is COc1cc(/C(O)=C2\C(=O)C(=O)N(c3ccc(Cl)c(Cl)c3)C2c2ccc(O)cc2)c(OC)cc1Cl. The molecule has 0 bridgehead atoms. The molecule has 10 heteroatoms. The highest BCUT2D eigenvalue weighted by Crippen LogP contribution is 2.45. The number of amides is 1. The Bertz CT molecular complexity index is 1370. The van der Waals surface area contributed by atoms with E-state index in [0.717, 1.165) is 0 Å². The van der Waals surface area contributed by atoms with Crippen LogP contribution < -0.4 is 14.4 Å². The number of aliphatic hydroxyl groups is 1. The van der Waals surface area contributed by atoms with Crippen LogP contribution in [-0.2, 0) is 9.59 Å². The third-order valence-corrected chi connectivity index (χ3v) is 6.60. The van der Waals surface area contributed by atoms with Gasteiger partial charge in [0.15, 0.2) is 0 Å². The second-order valence-corrected chi connectivity index (χ2v) is 8.77. The fraction of sp³-hybridized carbons (Fsp3) is 0.120. The minimum atomic E-state index is -1.06. The first-order valence-electron chi connectivity index (χ1n) is 10.1. The molecule has 0 spiro atoms. The zero-order valence-corrected chi connectivity index (χ0v) is 20.6. The first kappa shape index (κ1) is 24.7. The zero-order valence-electron chi connectivity index (χ0n) is 18.4. The van der Waals surface area contributed by atoms with Crippen LogP contribution in [0.3, 0.4) is 0 Å². The number of nitrogens with zero attached hydrogens (tertiary/aromatic N) is 1. The molecule has 4 rings (SSSR count). The number of anilines is 1. The van der Waals surface area contributed by atoms with Crippen molar-refractivity contribution in [2.24, 2.45) is 0 Å². The van der Waals surface area contributed by atoms with E-state index in [1.807, 2.05) is 0 Å². The van der Waals surface area contributed by atoms with Crippen LogP contribution in [0.1, 0.15) is 17.2 Å². The van der Waals surface area contributed by atoms with Gasteiger partial charge in [-0.3, -0.25) is 14.5 Å². The second-order valence-electron chi connectivity index (χ2n) is 7.55. The minimum absolute atomic E-state index is 0.00987. The van der Waals surface area contributed by atoms with Gasteiger partial charge in [0.2, 0.25) is 0 Å². The number of hydrogen-bond acceptors (Lipinski definition) is 6. The molecule has 0 aliphatic carbocycles. The Labute approximate surface area is 215 Å². The third kappa shape index (κ3) is 4.38. The molecule has 0 radical (unpaired) electrons. The Hall–Kier alpha value is -3.39. The van der Waals surface area contributed by atoms with Gasteiger partial charge in [-0.05, 0) is 42.0 Å². The molecule has 0 saturated carbocycles. The van der Waals surface area contributed by atoms with E-state index in [1.165, 1.54) is 55.5 Å². The normalized spacial score (nSPS) is 17.1. The van der Waals surface area contributed by atoms with Crippen LogP contribution >= 0.6 is 34.8 Å². The van der Waals surface area contributed by atoms with Gasteiger partial charge in [-0.15, -0.1) is 0 Å². The molecule has 1 amide bonds. The molecule has 1 fully saturated rings. The molecule has 35 heavy (non-hydrogen) atoms. The highest BCUT2D eigenvalue weighted by molar-refractivity contribution is 6.52. The first-order valence-corrected chi connectivity index (χ1v) is 11.3. The number of Topliss-reactive ketones (excluding diaryl/α,β-unsaturated/α-hetero) is 1. The second kappa shape index (κ2) is 9.70. The van der Waals surface area contributed by atoms with E-state index in [4.69, 9.17) is 44.3 Å². The van der Waals surface area contributed by atoms with Crippen LogP contribution in [0.15, 0.2) is 60.2 Å². The topological polar surface area (TPSA) is 96.3 Å². The fourth-order valence-electron chi connectivity index (χ4n) is 3.90. The van der Waals surface area contributed by atoms with Crippen LogP contribution in [0.5, 0.6) is 17.2 Å². The Morgan fingerprint density at radius 1 is 0.857 bits per heavy atom. The molecule has 180 valence electrons. The van der Waals surface area contributed by atoms with Gasteiger partial charge < -0.3 is 19.7 Å². The van der Waals surface area contributed by atoms with Crippen LogP contribution in [0, 0.1) is 0 Å².